The summed E-state index contributed by atoms with van der Waals surface area (Å²) in [4.78, 5) is 23.6. The summed E-state index contributed by atoms with van der Waals surface area (Å²) in [6, 6.07) is 0. The summed E-state index contributed by atoms with van der Waals surface area (Å²) in [5, 5.41) is 19.3. The van der Waals surface area contributed by atoms with Gasteiger partial charge >= 0.3 is 92.9 Å². The van der Waals surface area contributed by atoms with Crippen molar-refractivity contribution < 1.29 is 104 Å². The smallest absolute Gasteiger partial charge is 1.00 e. The zero-order chi connectivity index (χ0) is 21.1. The molecule has 0 fully saturated rings. The third kappa shape index (κ3) is 18.1. The molecule has 0 bridgehead atoms. The van der Waals surface area contributed by atoms with Crippen LogP contribution in [0.25, 0.3) is 0 Å². The van der Waals surface area contributed by atoms with Crippen LogP contribution in [-0.2, 0) is 9.59 Å². The predicted octanol–water partition coefficient (Wildman–Crippen LogP) is 1.83. The largest absolute Gasteiger partial charge is 1.00 e. The average molecular weight is 463 g/mol. The second kappa shape index (κ2) is 25.2. The maximum atomic E-state index is 11.8. The van der Waals surface area contributed by atoms with Crippen molar-refractivity contribution in [2.75, 3.05) is 0 Å². The van der Waals surface area contributed by atoms with Crippen LogP contribution in [0.2, 0.25) is 0 Å². The molecule has 0 aromatic heterocycles. The van der Waals surface area contributed by atoms with E-state index in [9.17, 15) is 19.8 Å². The summed E-state index contributed by atoms with van der Waals surface area (Å²) >= 11 is 0. The van der Waals surface area contributed by atoms with E-state index in [0.717, 1.165) is 25.7 Å². The van der Waals surface area contributed by atoms with Gasteiger partial charge in [-0.3, -0.25) is 9.59 Å². The first-order valence-corrected chi connectivity index (χ1v) is 12.0. The minimum atomic E-state index is -1.58. The Hall–Kier alpha value is 1.58. The normalized spacial score (nSPS) is 10.9. The van der Waals surface area contributed by atoms with E-state index in [1.807, 2.05) is 0 Å². The van der Waals surface area contributed by atoms with Gasteiger partial charge in [-0.25, -0.2) is 0 Å². The van der Waals surface area contributed by atoms with Crippen LogP contribution in [0, 0.1) is 5.41 Å². The molecule has 0 heterocycles. The van der Waals surface area contributed by atoms with Crippen LogP contribution in [-0.4, -0.2) is 22.2 Å². The predicted molar refractivity (Wildman–Crippen MR) is 119 cm³/mol. The maximum absolute atomic E-state index is 11.8. The Kier molecular flexibility index (Phi) is 30.4. The second-order valence-electron chi connectivity index (χ2n) is 8.50. The maximum Gasteiger partial charge on any atom is 1.00 e. The van der Waals surface area contributed by atoms with E-state index in [4.69, 9.17) is 0 Å². The fraction of sp³-hybridized carbons (Fsp3) is 0.917. The van der Waals surface area contributed by atoms with E-state index in [2.05, 4.69) is 13.8 Å². The van der Waals surface area contributed by atoms with Gasteiger partial charge in [0.15, 0.2) is 5.41 Å². The monoisotopic (exact) mass is 462 g/mol. The fourth-order valence-electron chi connectivity index (χ4n) is 3.94. The molecule has 0 aliphatic rings. The first kappa shape index (κ1) is 36.2. The van der Waals surface area contributed by atoms with Gasteiger partial charge in [0.25, 0.3) is 0 Å². The third-order valence-electron chi connectivity index (χ3n) is 5.98. The van der Waals surface area contributed by atoms with Gasteiger partial charge in [0.05, 0.1) is 0 Å². The van der Waals surface area contributed by atoms with Crippen molar-refractivity contribution >= 4 is 11.9 Å². The summed E-state index contributed by atoms with van der Waals surface area (Å²) in [6.45, 7) is 4.41. The Balaban J connectivity index is -0.000000607. The Morgan fingerprint density at radius 2 is 0.800 bits per heavy atom. The number of unbranched alkanes of at least 4 members (excludes halogenated alkanes) is 15. The number of aliphatic carboxylic acids is 2. The van der Waals surface area contributed by atoms with Crippen LogP contribution in [0.15, 0.2) is 0 Å². The van der Waals surface area contributed by atoms with Crippen molar-refractivity contribution in [1.29, 1.82) is 0 Å². The van der Waals surface area contributed by atoms with Gasteiger partial charge in [-0.2, -0.15) is 0 Å². The van der Waals surface area contributed by atoms with Crippen molar-refractivity contribution in [3.05, 3.63) is 0 Å². The molecule has 0 aliphatic heterocycles. The molecule has 6 heteroatoms. The molecule has 0 spiro atoms. The van der Waals surface area contributed by atoms with Crippen molar-refractivity contribution in [1.82, 2.24) is 0 Å². The molecule has 30 heavy (non-hydrogen) atoms. The molecular formula is C24H48KNaO4. The second-order valence-corrected chi connectivity index (χ2v) is 8.50. The number of carboxylic acid groups (broad SMARTS) is 2. The first-order chi connectivity index (χ1) is 13.5. The molecule has 0 amide bonds. The average Bonchev–Trinajstić information content (AvgIpc) is 2.66. The summed E-state index contributed by atoms with van der Waals surface area (Å²) in [6.07, 6.45) is 19.7. The van der Waals surface area contributed by atoms with Crippen molar-refractivity contribution in [3.8, 4) is 0 Å². The minimum absolute atomic E-state index is 0. The Morgan fingerprint density at radius 3 is 1.03 bits per heavy atom. The SMILES string of the molecule is CCCCCCCCCCCCC(CCCCCCCCC)(C(=O)O)C(=O)O.[H-].[H-].[K+].[Na+]. The standard InChI is InChI=1S/C24H46O4.K.Na.2H/c1-3-5-7-9-11-12-13-15-17-19-21-24(22(25)26,23(27)28)20-18-16-14-10-8-6-4-2;;;;/h3-21H2,1-2H3,(H,25,26)(H,27,28);;;;/q;2*+1;2*-1. The van der Waals surface area contributed by atoms with E-state index < -0.39 is 17.4 Å². The zero-order valence-electron chi connectivity index (χ0n) is 22.6. The first-order valence-electron chi connectivity index (χ1n) is 12.0. The number of hydrogen-bond acceptors (Lipinski definition) is 2. The van der Waals surface area contributed by atoms with E-state index >= 15 is 0 Å². The minimum Gasteiger partial charge on any atom is -1.00 e. The molecule has 0 rings (SSSR count). The molecular weight excluding hydrogens is 414 g/mol. The van der Waals surface area contributed by atoms with E-state index in [1.54, 1.807) is 0 Å². The van der Waals surface area contributed by atoms with Gasteiger partial charge < -0.3 is 13.1 Å². The molecule has 170 valence electrons. The fourth-order valence-corrected chi connectivity index (χ4v) is 3.94. The van der Waals surface area contributed by atoms with Crippen molar-refractivity contribution in [3.63, 3.8) is 0 Å². The van der Waals surface area contributed by atoms with Crippen molar-refractivity contribution in [2.24, 2.45) is 5.41 Å². The van der Waals surface area contributed by atoms with Crippen LogP contribution >= 0.6 is 0 Å². The van der Waals surface area contributed by atoms with E-state index in [-0.39, 0.29) is 96.6 Å². The van der Waals surface area contributed by atoms with Crippen LogP contribution in [0.4, 0.5) is 0 Å². The number of hydrogen-bond donors (Lipinski definition) is 2. The summed E-state index contributed by atoms with van der Waals surface area (Å²) in [5.74, 6) is -2.30. The Bertz CT molecular complexity index is 401. The molecule has 4 nitrogen and oxygen atoms in total. The van der Waals surface area contributed by atoms with Crippen LogP contribution < -0.4 is 80.9 Å². The number of carbonyl (C=O) groups is 2. The summed E-state index contributed by atoms with van der Waals surface area (Å²) in [5.41, 5.74) is -1.58. The molecule has 0 saturated carbocycles. The molecule has 0 radical (unpaired) electrons. The zero-order valence-corrected chi connectivity index (χ0v) is 25.8. The van der Waals surface area contributed by atoms with Gasteiger partial charge in [0.1, 0.15) is 0 Å². The molecule has 0 unspecified atom stereocenters. The van der Waals surface area contributed by atoms with Gasteiger partial charge in [-0.15, -0.1) is 0 Å². The van der Waals surface area contributed by atoms with Gasteiger partial charge in [-0.1, -0.05) is 123 Å². The van der Waals surface area contributed by atoms with Crippen LogP contribution in [0.5, 0.6) is 0 Å². The van der Waals surface area contributed by atoms with Crippen LogP contribution in [0.3, 0.4) is 0 Å². The third-order valence-corrected chi connectivity index (χ3v) is 5.98. The Morgan fingerprint density at radius 1 is 0.567 bits per heavy atom. The van der Waals surface area contributed by atoms with Gasteiger partial charge in [-0.05, 0) is 12.8 Å². The molecule has 0 aliphatic carbocycles. The van der Waals surface area contributed by atoms with Gasteiger partial charge in [0, 0.05) is 0 Å². The van der Waals surface area contributed by atoms with Crippen LogP contribution in [0.1, 0.15) is 139 Å². The molecule has 0 saturated heterocycles. The molecule has 0 atom stereocenters. The number of carboxylic acids is 2. The summed E-state index contributed by atoms with van der Waals surface area (Å²) < 4.78 is 0. The van der Waals surface area contributed by atoms with E-state index in [1.165, 1.54) is 70.6 Å². The molecule has 0 aromatic carbocycles. The van der Waals surface area contributed by atoms with E-state index in [0.29, 0.717) is 12.8 Å². The van der Waals surface area contributed by atoms with Gasteiger partial charge in [0.2, 0.25) is 0 Å². The molecule has 0 aromatic rings. The quantitative estimate of drug-likeness (QED) is 0.155. The topological polar surface area (TPSA) is 74.6 Å². The summed E-state index contributed by atoms with van der Waals surface area (Å²) in [7, 11) is 0. The number of rotatable bonds is 21. The molecule has 2 N–H and O–H groups in total. The van der Waals surface area contributed by atoms with Crippen molar-refractivity contribution in [2.45, 2.75) is 136 Å². The Labute approximate surface area is 253 Å².